The van der Waals surface area contributed by atoms with E-state index in [2.05, 4.69) is 9.97 Å². The molecule has 5 heteroatoms. The summed E-state index contributed by atoms with van der Waals surface area (Å²) in [6, 6.07) is 17.4. The van der Waals surface area contributed by atoms with E-state index in [-0.39, 0.29) is 6.61 Å². The Labute approximate surface area is 164 Å². The van der Waals surface area contributed by atoms with Crippen LogP contribution in [0.4, 0.5) is 0 Å². The second-order valence-corrected chi connectivity index (χ2v) is 6.00. The van der Waals surface area contributed by atoms with Gasteiger partial charge in [-0.1, -0.05) is 44.2 Å². The van der Waals surface area contributed by atoms with Crippen LogP contribution in [-0.2, 0) is 13.2 Å². The van der Waals surface area contributed by atoms with Crippen molar-refractivity contribution in [3.63, 3.8) is 0 Å². The Balaban J connectivity index is 0.00000109. The molecule has 0 saturated heterocycles. The Morgan fingerprint density at radius 3 is 2.57 bits per heavy atom. The van der Waals surface area contributed by atoms with Gasteiger partial charge in [-0.3, -0.25) is 0 Å². The maximum Gasteiger partial charge on any atom is 0.163 e. The highest BCUT2D eigenvalue weighted by atomic mass is 16.5. The molecule has 0 saturated carbocycles. The van der Waals surface area contributed by atoms with Gasteiger partial charge in [-0.05, 0) is 36.8 Å². The SMILES string of the molecule is CC.Cc1oc2ccc(OCc3ccccc3)cc2c1-c1nccc(CO)n1. The Hall–Kier alpha value is -3.18. The van der Waals surface area contributed by atoms with Crippen LogP contribution in [0.5, 0.6) is 5.75 Å². The number of hydrogen-bond donors (Lipinski definition) is 1. The summed E-state index contributed by atoms with van der Waals surface area (Å²) in [5.74, 6) is 2.02. The second-order valence-electron chi connectivity index (χ2n) is 6.00. The first kappa shape index (κ1) is 19.6. The summed E-state index contributed by atoms with van der Waals surface area (Å²) in [6.45, 7) is 6.25. The van der Waals surface area contributed by atoms with Crippen molar-refractivity contribution in [2.45, 2.75) is 34.0 Å². The van der Waals surface area contributed by atoms with Gasteiger partial charge in [0.1, 0.15) is 23.7 Å². The number of fused-ring (bicyclic) bond motifs is 1. The number of ether oxygens (including phenoxy) is 1. The van der Waals surface area contributed by atoms with Gasteiger partial charge in [-0.25, -0.2) is 9.97 Å². The van der Waals surface area contributed by atoms with E-state index < -0.39 is 0 Å². The molecule has 0 spiro atoms. The van der Waals surface area contributed by atoms with Crippen LogP contribution in [0, 0.1) is 6.92 Å². The molecule has 0 atom stereocenters. The number of aliphatic hydroxyl groups excluding tert-OH is 1. The first-order valence-electron chi connectivity index (χ1n) is 9.37. The highest BCUT2D eigenvalue weighted by Crippen LogP contribution is 2.35. The Bertz CT molecular complexity index is 1040. The molecular formula is C23H24N2O3. The standard InChI is InChI=1S/C21H18N2O3.C2H6/c1-14-20(21-22-10-9-16(12-24)23-21)18-11-17(7-8-19(18)26-14)25-13-15-5-3-2-4-6-15;1-2/h2-11,24H,12-13H2,1H3;1-2H3. The summed E-state index contributed by atoms with van der Waals surface area (Å²) < 4.78 is 11.8. The molecular weight excluding hydrogens is 352 g/mol. The average Bonchev–Trinajstić information content (AvgIpc) is 3.09. The highest BCUT2D eigenvalue weighted by Gasteiger charge is 2.16. The van der Waals surface area contributed by atoms with Crippen molar-refractivity contribution in [2.75, 3.05) is 0 Å². The fraction of sp³-hybridized carbons (Fsp3) is 0.217. The van der Waals surface area contributed by atoms with E-state index in [4.69, 9.17) is 9.15 Å². The number of rotatable bonds is 5. The monoisotopic (exact) mass is 376 g/mol. The maximum absolute atomic E-state index is 9.33. The first-order valence-corrected chi connectivity index (χ1v) is 9.37. The molecule has 0 aliphatic rings. The lowest BCUT2D eigenvalue weighted by Crippen LogP contribution is -1.96. The topological polar surface area (TPSA) is 68.4 Å². The molecule has 2 aromatic carbocycles. The number of hydrogen-bond acceptors (Lipinski definition) is 5. The van der Waals surface area contributed by atoms with Crippen LogP contribution >= 0.6 is 0 Å². The zero-order valence-corrected chi connectivity index (χ0v) is 16.3. The van der Waals surface area contributed by atoms with E-state index in [9.17, 15) is 5.11 Å². The minimum absolute atomic E-state index is 0.129. The van der Waals surface area contributed by atoms with Crippen LogP contribution in [0.2, 0.25) is 0 Å². The minimum Gasteiger partial charge on any atom is -0.489 e. The van der Waals surface area contributed by atoms with Crippen molar-refractivity contribution >= 4 is 11.0 Å². The van der Waals surface area contributed by atoms with Gasteiger partial charge in [-0.15, -0.1) is 0 Å². The quantitative estimate of drug-likeness (QED) is 0.512. The smallest absolute Gasteiger partial charge is 0.163 e. The number of furan rings is 1. The lowest BCUT2D eigenvalue weighted by Gasteiger charge is -2.07. The number of aromatic nitrogens is 2. The van der Waals surface area contributed by atoms with Crippen LogP contribution < -0.4 is 4.74 Å². The first-order chi connectivity index (χ1) is 13.7. The highest BCUT2D eigenvalue weighted by molar-refractivity contribution is 5.94. The fourth-order valence-corrected chi connectivity index (χ4v) is 2.91. The lowest BCUT2D eigenvalue weighted by molar-refractivity contribution is 0.277. The van der Waals surface area contributed by atoms with E-state index in [0.29, 0.717) is 18.1 Å². The molecule has 2 aromatic heterocycles. The van der Waals surface area contributed by atoms with E-state index >= 15 is 0 Å². The Morgan fingerprint density at radius 2 is 1.82 bits per heavy atom. The van der Waals surface area contributed by atoms with Crippen molar-refractivity contribution in [1.29, 1.82) is 0 Å². The summed E-state index contributed by atoms with van der Waals surface area (Å²) in [4.78, 5) is 8.75. The van der Waals surface area contributed by atoms with Gasteiger partial charge < -0.3 is 14.3 Å². The van der Waals surface area contributed by atoms with Gasteiger partial charge in [0.15, 0.2) is 5.82 Å². The molecule has 28 heavy (non-hydrogen) atoms. The predicted octanol–water partition coefficient (Wildman–Crippen LogP) is 5.30. The predicted molar refractivity (Wildman–Crippen MR) is 110 cm³/mol. The molecule has 4 rings (SSSR count). The van der Waals surface area contributed by atoms with E-state index in [1.807, 2.05) is 69.3 Å². The molecule has 0 radical (unpaired) electrons. The van der Waals surface area contributed by atoms with Crippen LogP contribution in [0.25, 0.3) is 22.4 Å². The van der Waals surface area contributed by atoms with Crippen molar-refractivity contribution in [2.24, 2.45) is 0 Å². The molecule has 2 heterocycles. The van der Waals surface area contributed by atoms with Gasteiger partial charge >= 0.3 is 0 Å². The second kappa shape index (κ2) is 9.15. The van der Waals surface area contributed by atoms with Crippen LogP contribution in [0.1, 0.15) is 30.9 Å². The van der Waals surface area contributed by atoms with Crippen LogP contribution in [0.15, 0.2) is 65.2 Å². The summed E-state index contributed by atoms with van der Waals surface area (Å²) in [7, 11) is 0. The van der Waals surface area contributed by atoms with E-state index in [0.717, 1.165) is 33.6 Å². The zero-order chi connectivity index (χ0) is 19.9. The summed E-state index contributed by atoms with van der Waals surface area (Å²) >= 11 is 0. The van der Waals surface area contributed by atoms with Gasteiger partial charge in [0, 0.05) is 11.6 Å². The van der Waals surface area contributed by atoms with E-state index in [1.165, 1.54) is 0 Å². The number of benzene rings is 2. The van der Waals surface area contributed by atoms with Crippen LogP contribution in [-0.4, -0.2) is 15.1 Å². The van der Waals surface area contributed by atoms with Crippen molar-refractivity contribution in [3.05, 3.63) is 77.8 Å². The molecule has 0 amide bonds. The van der Waals surface area contributed by atoms with Crippen molar-refractivity contribution in [3.8, 4) is 17.1 Å². The third kappa shape index (κ3) is 4.21. The van der Waals surface area contributed by atoms with Gasteiger partial charge in [0.25, 0.3) is 0 Å². The summed E-state index contributed by atoms with van der Waals surface area (Å²) in [6.07, 6.45) is 1.64. The molecule has 0 bridgehead atoms. The normalized spacial score (nSPS) is 10.4. The third-order valence-electron chi connectivity index (χ3n) is 4.18. The zero-order valence-electron chi connectivity index (χ0n) is 16.3. The summed E-state index contributed by atoms with van der Waals surface area (Å²) in [5, 5.41) is 10.2. The van der Waals surface area contributed by atoms with E-state index in [1.54, 1.807) is 12.3 Å². The fourth-order valence-electron chi connectivity index (χ4n) is 2.91. The Morgan fingerprint density at radius 1 is 1.04 bits per heavy atom. The largest absolute Gasteiger partial charge is 0.489 e. The Kier molecular flexibility index (Phi) is 6.40. The van der Waals surface area contributed by atoms with Crippen molar-refractivity contribution < 1.29 is 14.3 Å². The number of aryl methyl sites for hydroxylation is 1. The van der Waals surface area contributed by atoms with Crippen molar-refractivity contribution in [1.82, 2.24) is 9.97 Å². The average molecular weight is 376 g/mol. The lowest BCUT2D eigenvalue weighted by atomic mass is 10.1. The molecule has 0 aliphatic heterocycles. The molecule has 1 N–H and O–H groups in total. The molecule has 0 unspecified atom stereocenters. The van der Waals surface area contributed by atoms with Crippen LogP contribution in [0.3, 0.4) is 0 Å². The van der Waals surface area contributed by atoms with Gasteiger partial charge in [0.2, 0.25) is 0 Å². The molecule has 0 fully saturated rings. The number of aliphatic hydroxyl groups is 1. The van der Waals surface area contributed by atoms with Gasteiger partial charge in [-0.2, -0.15) is 0 Å². The number of nitrogens with zero attached hydrogens (tertiary/aromatic N) is 2. The minimum atomic E-state index is -0.129. The summed E-state index contributed by atoms with van der Waals surface area (Å²) in [5.41, 5.74) is 3.25. The third-order valence-corrected chi connectivity index (χ3v) is 4.18. The molecule has 5 nitrogen and oxygen atoms in total. The molecule has 0 aliphatic carbocycles. The molecule has 4 aromatic rings. The van der Waals surface area contributed by atoms with Gasteiger partial charge in [0.05, 0.1) is 17.9 Å². The molecule has 144 valence electrons. The maximum atomic E-state index is 9.33.